The zero-order valence-electron chi connectivity index (χ0n) is 9.63. The van der Waals surface area contributed by atoms with Gasteiger partial charge in [-0.1, -0.05) is 24.3 Å². The standard InChI is InChI=1S/C12H17O3P/c1-4-10-14-16(13,15-11(2)3)12-8-6-5-7-9-12/h4-9,11H,1,10H2,2-3H3. The van der Waals surface area contributed by atoms with E-state index in [1.54, 1.807) is 18.2 Å². The van der Waals surface area contributed by atoms with Gasteiger partial charge in [-0.2, -0.15) is 0 Å². The van der Waals surface area contributed by atoms with Gasteiger partial charge in [0.15, 0.2) is 0 Å². The third-order valence-corrected chi connectivity index (χ3v) is 3.90. The predicted octanol–water partition coefficient (Wildman–Crippen LogP) is 3.13. The van der Waals surface area contributed by atoms with Crippen molar-refractivity contribution in [1.82, 2.24) is 0 Å². The Morgan fingerprint density at radius 3 is 2.50 bits per heavy atom. The lowest BCUT2D eigenvalue weighted by Gasteiger charge is -2.20. The van der Waals surface area contributed by atoms with E-state index in [2.05, 4.69) is 6.58 Å². The minimum absolute atomic E-state index is 0.157. The molecule has 0 aliphatic rings. The molecule has 3 nitrogen and oxygen atoms in total. The minimum atomic E-state index is -3.22. The van der Waals surface area contributed by atoms with Gasteiger partial charge in [0, 0.05) is 0 Å². The van der Waals surface area contributed by atoms with E-state index < -0.39 is 7.60 Å². The zero-order valence-corrected chi connectivity index (χ0v) is 10.5. The van der Waals surface area contributed by atoms with Gasteiger partial charge in [0.25, 0.3) is 0 Å². The molecule has 0 saturated heterocycles. The molecule has 0 fully saturated rings. The van der Waals surface area contributed by atoms with Crippen LogP contribution in [-0.2, 0) is 13.6 Å². The lowest BCUT2D eigenvalue weighted by atomic mass is 10.4. The average Bonchev–Trinajstić information content (AvgIpc) is 2.27. The van der Waals surface area contributed by atoms with Crippen molar-refractivity contribution in [3.63, 3.8) is 0 Å². The van der Waals surface area contributed by atoms with Crippen LogP contribution < -0.4 is 5.30 Å². The van der Waals surface area contributed by atoms with Crippen molar-refractivity contribution in [2.45, 2.75) is 20.0 Å². The van der Waals surface area contributed by atoms with Crippen LogP contribution in [0.15, 0.2) is 43.0 Å². The molecule has 0 aliphatic carbocycles. The van der Waals surface area contributed by atoms with E-state index in [0.29, 0.717) is 5.30 Å². The summed E-state index contributed by atoms with van der Waals surface area (Å²) in [7, 11) is -3.22. The van der Waals surface area contributed by atoms with Crippen LogP contribution >= 0.6 is 7.60 Å². The fourth-order valence-electron chi connectivity index (χ4n) is 1.20. The quantitative estimate of drug-likeness (QED) is 0.566. The number of hydrogen-bond donors (Lipinski definition) is 0. The maximum Gasteiger partial charge on any atom is 0.361 e. The lowest BCUT2D eigenvalue weighted by molar-refractivity contribution is 0.186. The van der Waals surface area contributed by atoms with Crippen LogP contribution in [0.1, 0.15) is 13.8 Å². The Bertz CT molecular complexity index is 373. The van der Waals surface area contributed by atoms with E-state index in [1.807, 2.05) is 32.0 Å². The first-order chi connectivity index (χ1) is 7.58. The van der Waals surface area contributed by atoms with Crippen LogP contribution in [0, 0.1) is 0 Å². The molecule has 88 valence electrons. The summed E-state index contributed by atoms with van der Waals surface area (Å²) in [5, 5.41) is 0.575. The van der Waals surface area contributed by atoms with Crippen LogP contribution in [-0.4, -0.2) is 12.7 Å². The first kappa shape index (κ1) is 13.2. The van der Waals surface area contributed by atoms with Crippen LogP contribution in [0.3, 0.4) is 0 Å². The number of rotatable bonds is 6. The third-order valence-electron chi connectivity index (χ3n) is 1.78. The molecule has 0 heterocycles. The molecule has 0 aliphatic heterocycles. The summed E-state index contributed by atoms with van der Waals surface area (Å²) < 4.78 is 23.2. The zero-order chi connectivity index (χ0) is 12.0. The molecular weight excluding hydrogens is 223 g/mol. The first-order valence-electron chi connectivity index (χ1n) is 5.18. The summed E-state index contributed by atoms with van der Waals surface area (Å²) in [5.74, 6) is 0. The number of benzene rings is 1. The van der Waals surface area contributed by atoms with Crippen molar-refractivity contribution in [1.29, 1.82) is 0 Å². The maximum atomic E-state index is 12.5. The van der Waals surface area contributed by atoms with Crippen LogP contribution in [0.5, 0.6) is 0 Å². The summed E-state index contributed by atoms with van der Waals surface area (Å²) in [4.78, 5) is 0. The fourth-order valence-corrected chi connectivity index (χ4v) is 2.93. The Kier molecular flexibility index (Phi) is 4.94. The van der Waals surface area contributed by atoms with Crippen LogP contribution in [0.2, 0.25) is 0 Å². The van der Waals surface area contributed by atoms with Gasteiger partial charge in [-0.05, 0) is 26.0 Å². The topological polar surface area (TPSA) is 35.5 Å². The highest BCUT2D eigenvalue weighted by molar-refractivity contribution is 7.62. The van der Waals surface area contributed by atoms with Crippen LogP contribution in [0.4, 0.5) is 0 Å². The van der Waals surface area contributed by atoms with Gasteiger partial charge in [-0.25, -0.2) is 0 Å². The Balaban J connectivity index is 2.95. The summed E-state index contributed by atoms with van der Waals surface area (Å²) in [6, 6.07) is 8.96. The predicted molar refractivity (Wildman–Crippen MR) is 66.1 cm³/mol. The van der Waals surface area contributed by atoms with E-state index in [1.165, 1.54) is 0 Å². The van der Waals surface area contributed by atoms with Gasteiger partial charge < -0.3 is 9.05 Å². The average molecular weight is 240 g/mol. The van der Waals surface area contributed by atoms with Crippen molar-refractivity contribution in [2.24, 2.45) is 0 Å². The second kappa shape index (κ2) is 6.00. The molecular formula is C12H17O3P. The Hall–Kier alpha value is -0.890. The van der Waals surface area contributed by atoms with E-state index in [4.69, 9.17) is 9.05 Å². The molecule has 16 heavy (non-hydrogen) atoms. The van der Waals surface area contributed by atoms with Gasteiger partial charge in [0.1, 0.15) is 0 Å². The van der Waals surface area contributed by atoms with Crippen molar-refractivity contribution >= 4 is 12.9 Å². The van der Waals surface area contributed by atoms with Crippen molar-refractivity contribution < 1.29 is 13.6 Å². The molecule has 1 atom stereocenters. The molecule has 0 bridgehead atoms. The van der Waals surface area contributed by atoms with Gasteiger partial charge in [-0.3, -0.25) is 4.57 Å². The molecule has 1 rings (SSSR count). The molecule has 0 spiro atoms. The second-order valence-corrected chi connectivity index (χ2v) is 5.55. The molecule has 0 saturated carbocycles. The highest BCUT2D eigenvalue weighted by Gasteiger charge is 2.28. The molecule has 1 unspecified atom stereocenters. The van der Waals surface area contributed by atoms with Crippen LogP contribution in [0.25, 0.3) is 0 Å². The summed E-state index contributed by atoms with van der Waals surface area (Å²) in [6.45, 7) is 7.39. The molecule has 0 amide bonds. The Morgan fingerprint density at radius 2 is 2.00 bits per heavy atom. The molecule has 0 aromatic heterocycles. The summed E-state index contributed by atoms with van der Waals surface area (Å²) >= 11 is 0. The summed E-state index contributed by atoms with van der Waals surface area (Å²) in [5.41, 5.74) is 0. The lowest BCUT2D eigenvalue weighted by Crippen LogP contribution is -2.13. The minimum Gasteiger partial charge on any atom is -0.302 e. The third kappa shape index (κ3) is 3.60. The van der Waals surface area contributed by atoms with Gasteiger partial charge >= 0.3 is 7.60 Å². The number of hydrogen-bond acceptors (Lipinski definition) is 3. The fraction of sp³-hybridized carbons (Fsp3) is 0.333. The van der Waals surface area contributed by atoms with Crippen molar-refractivity contribution in [3.8, 4) is 0 Å². The van der Waals surface area contributed by atoms with E-state index in [0.717, 1.165) is 0 Å². The monoisotopic (exact) mass is 240 g/mol. The molecule has 0 N–H and O–H groups in total. The second-order valence-electron chi connectivity index (χ2n) is 3.57. The summed E-state index contributed by atoms with van der Waals surface area (Å²) in [6.07, 6.45) is 1.40. The highest BCUT2D eigenvalue weighted by atomic mass is 31.2. The van der Waals surface area contributed by atoms with E-state index in [9.17, 15) is 4.57 Å². The Labute approximate surface area is 96.6 Å². The maximum absolute atomic E-state index is 12.5. The van der Waals surface area contributed by atoms with Crippen molar-refractivity contribution in [2.75, 3.05) is 6.61 Å². The molecule has 0 radical (unpaired) electrons. The molecule has 4 heteroatoms. The Morgan fingerprint density at radius 1 is 1.38 bits per heavy atom. The first-order valence-corrected chi connectivity index (χ1v) is 6.72. The van der Waals surface area contributed by atoms with Crippen molar-refractivity contribution in [3.05, 3.63) is 43.0 Å². The van der Waals surface area contributed by atoms with E-state index in [-0.39, 0.29) is 12.7 Å². The van der Waals surface area contributed by atoms with E-state index >= 15 is 0 Å². The highest BCUT2D eigenvalue weighted by Crippen LogP contribution is 2.47. The largest absolute Gasteiger partial charge is 0.361 e. The van der Waals surface area contributed by atoms with Gasteiger partial charge in [0.2, 0.25) is 0 Å². The molecule has 1 aromatic carbocycles. The van der Waals surface area contributed by atoms with Gasteiger partial charge in [0.05, 0.1) is 18.0 Å². The van der Waals surface area contributed by atoms with Gasteiger partial charge in [-0.15, -0.1) is 6.58 Å². The normalized spacial score (nSPS) is 14.7. The SMILES string of the molecule is C=CCOP(=O)(OC(C)C)c1ccccc1. The smallest absolute Gasteiger partial charge is 0.302 e. The molecule has 1 aromatic rings.